The fourth-order valence-electron chi connectivity index (χ4n) is 3.84. The maximum Gasteiger partial charge on any atom is 0.283 e. The highest BCUT2D eigenvalue weighted by Gasteiger charge is 2.24. The van der Waals surface area contributed by atoms with Crippen LogP contribution in [0.2, 0.25) is 5.15 Å². The highest BCUT2D eigenvalue weighted by Crippen LogP contribution is 2.35. The third-order valence-electron chi connectivity index (χ3n) is 5.62. The Morgan fingerprint density at radius 3 is 2.39 bits per heavy atom. The molecule has 0 atom stereocenters. The lowest BCUT2D eigenvalue weighted by Gasteiger charge is -2.11. The molecule has 15 heteroatoms. The van der Waals surface area contributed by atoms with Gasteiger partial charge in [0.15, 0.2) is 0 Å². The first-order valence-electron chi connectivity index (χ1n) is 10.8. The van der Waals surface area contributed by atoms with E-state index in [1.54, 1.807) is 24.3 Å². The van der Waals surface area contributed by atoms with E-state index in [1.807, 2.05) is 6.92 Å². The van der Waals surface area contributed by atoms with Crippen LogP contribution in [0.4, 0.5) is 0 Å². The third kappa shape index (κ3) is 5.02. The highest BCUT2D eigenvalue weighted by atomic mass is 35.5. The topological polar surface area (TPSA) is 164 Å². The number of sulfonamides is 1. The standard InChI is InChI=1S/C23H18Cl2N6O5S2/c1-13-2-4-17(5-3-13)38(34,35)31-20-8-14(15-6-16(12-37(26,32)33)22(25)27-10-15)7-18(19(20)11-28-31)23-30-29-21(9-24)36-23/h2-8,10-11H,9,12H2,1H3,(H2,26,32,33). The smallest absolute Gasteiger partial charge is 0.283 e. The first kappa shape index (κ1) is 26.3. The molecule has 0 saturated heterocycles. The number of fused-ring (bicyclic) bond motifs is 1. The number of hydrogen-bond acceptors (Lipinski definition) is 9. The van der Waals surface area contributed by atoms with Crippen LogP contribution in [0.3, 0.4) is 0 Å². The van der Waals surface area contributed by atoms with Crippen molar-refractivity contribution < 1.29 is 21.3 Å². The fourth-order valence-corrected chi connectivity index (χ4v) is 6.11. The van der Waals surface area contributed by atoms with E-state index in [2.05, 4.69) is 20.3 Å². The summed E-state index contributed by atoms with van der Waals surface area (Å²) in [5.74, 6) is -0.297. The van der Waals surface area contributed by atoms with E-state index in [1.165, 1.54) is 30.6 Å². The molecule has 0 unspecified atom stereocenters. The Hall–Kier alpha value is -3.36. The van der Waals surface area contributed by atoms with Crippen LogP contribution in [0.25, 0.3) is 33.5 Å². The van der Waals surface area contributed by atoms with Crippen LogP contribution in [-0.4, -0.2) is 41.2 Å². The van der Waals surface area contributed by atoms with Crippen molar-refractivity contribution in [2.45, 2.75) is 23.5 Å². The number of alkyl halides is 1. The lowest BCUT2D eigenvalue weighted by molar-refractivity contribution is 0.528. The van der Waals surface area contributed by atoms with Gasteiger partial charge in [-0.3, -0.25) is 0 Å². The number of benzene rings is 2. The molecule has 0 aliphatic heterocycles. The maximum absolute atomic E-state index is 13.5. The SMILES string of the molecule is Cc1ccc(S(=O)(=O)n2ncc3c(-c4nnc(CCl)o4)cc(-c4cnc(Cl)c(CS(N)(=O)=O)c4)cc32)cc1. The Labute approximate surface area is 227 Å². The summed E-state index contributed by atoms with van der Waals surface area (Å²) in [6, 6.07) is 11.1. The molecule has 0 saturated carbocycles. The molecule has 3 heterocycles. The van der Waals surface area contributed by atoms with Gasteiger partial charge in [0.1, 0.15) is 11.0 Å². The molecule has 3 aromatic heterocycles. The summed E-state index contributed by atoms with van der Waals surface area (Å²) in [6.45, 7) is 1.85. The van der Waals surface area contributed by atoms with Gasteiger partial charge in [0.05, 0.1) is 27.9 Å². The second-order valence-corrected chi connectivity index (χ2v) is 12.4. The minimum Gasteiger partial charge on any atom is -0.419 e. The first-order chi connectivity index (χ1) is 18.0. The van der Waals surface area contributed by atoms with E-state index >= 15 is 0 Å². The summed E-state index contributed by atoms with van der Waals surface area (Å²) in [5.41, 5.74) is 2.57. The normalized spacial score (nSPS) is 12.3. The largest absolute Gasteiger partial charge is 0.419 e. The summed E-state index contributed by atoms with van der Waals surface area (Å²) < 4.78 is 57.0. The van der Waals surface area contributed by atoms with Gasteiger partial charge in [0.25, 0.3) is 10.0 Å². The number of halogens is 2. The number of aromatic nitrogens is 5. The first-order valence-corrected chi connectivity index (χ1v) is 14.9. The van der Waals surface area contributed by atoms with Gasteiger partial charge in [-0.2, -0.15) is 17.6 Å². The third-order valence-corrected chi connectivity index (χ3v) is 8.51. The molecular formula is C23H18Cl2N6O5S2. The van der Waals surface area contributed by atoms with E-state index in [9.17, 15) is 16.8 Å². The molecule has 0 fully saturated rings. The molecule has 5 rings (SSSR count). The van der Waals surface area contributed by atoms with Gasteiger partial charge in [-0.1, -0.05) is 29.3 Å². The molecule has 0 bridgehead atoms. The summed E-state index contributed by atoms with van der Waals surface area (Å²) in [4.78, 5) is 4.14. The molecule has 5 aromatic rings. The van der Waals surface area contributed by atoms with Crippen molar-refractivity contribution >= 4 is 54.2 Å². The van der Waals surface area contributed by atoms with Gasteiger partial charge in [-0.05, 0) is 42.8 Å². The zero-order valence-corrected chi connectivity index (χ0v) is 22.7. The lowest BCUT2D eigenvalue weighted by Crippen LogP contribution is -2.15. The van der Waals surface area contributed by atoms with E-state index in [0.717, 1.165) is 9.65 Å². The quantitative estimate of drug-likeness (QED) is 0.218. The zero-order valence-electron chi connectivity index (χ0n) is 19.5. The van der Waals surface area contributed by atoms with E-state index < -0.39 is 25.8 Å². The molecule has 0 aliphatic carbocycles. The molecule has 2 aromatic carbocycles. The van der Waals surface area contributed by atoms with Gasteiger partial charge in [-0.25, -0.2) is 18.5 Å². The van der Waals surface area contributed by atoms with Crippen LogP contribution >= 0.6 is 23.2 Å². The van der Waals surface area contributed by atoms with Crippen LogP contribution in [0.5, 0.6) is 0 Å². The second-order valence-electron chi connectivity index (χ2n) is 8.38. The predicted octanol–water partition coefficient (Wildman–Crippen LogP) is 3.87. The Kier molecular flexibility index (Phi) is 6.73. The van der Waals surface area contributed by atoms with Gasteiger partial charge in [-0.15, -0.1) is 21.8 Å². The number of nitrogens with two attached hydrogens (primary N) is 1. The Balaban J connectivity index is 1.76. The molecule has 0 spiro atoms. The van der Waals surface area contributed by atoms with Crippen molar-refractivity contribution in [2.24, 2.45) is 5.14 Å². The summed E-state index contributed by atoms with van der Waals surface area (Å²) in [5, 5.41) is 17.7. The van der Waals surface area contributed by atoms with Crippen LogP contribution in [0.15, 0.2) is 64.2 Å². The van der Waals surface area contributed by atoms with Crippen LogP contribution in [0.1, 0.15) is 17.0 Å². The monoisotopic (exact) mass is 592 g/mol. The molecule has 11 nitrogen and oxygen atoms in total. The van der Waals surface area contributed by atoms with Gasteiger partial charge < -0.3 is 4.42 Å². The minimum absolute atomic E-state index is 0.0189. The van der Waals surface area contributed by atoms with E-state index in [-0.39, 0.29) is 38.8 Å². The Bertz CT molecular complexity index is 1900. The molecule has 2 N–H and O–H groups in total. The Morgan fingerprint density at radius 2 is 1.74 bits per heavy atom. The lowest BCUT2D eigenvalue weighted by atomic mass is 10.0. The van der Waals surface area contributed by atoms with Crippen molar-refractivity contribution in [3.8, 4) is 22.6 Å². The highest BCUT2D eigenvalue weighted by molar-refractivity contribution is 7.90. The fraction of sp³-hybridized carbons (Fsp3) is 0.130. The van der Waals surface area contributed by atoms with Crippen LogP contribution in [-0.2, 0) is 31.7 Å². The van der Waals surface area contributed by atoms with Crippen molar-refractivity contribution in [3.63, 3.8) is 0 Å². The van der Waals surface area contributed by atoms with E-state index in [4.69, 9.17) is 32.8 Å². The number of aryl methyl sites for hydroxylation is 1. The summed E-state index contributed by atoms with van der Waals surface area (Å²) in [6.07, 6.45) is 2.81. The number of hydrogen-bond donors (Lipinski definition) is 1. The van der Waals surface area contributed by atoms with Gasteiger partial charge in [0.2, 0.25) is 21.8 Å². The molecular weight excluding hydrogens is 575 g/mol. The average molecular weight is 593 g/mol. The second kappa shape index (κ2) is 9.75. The number of nitrogens with zero attached hydrogens (tertiary/aromatic N) is 5. The van der Waals surface area contributed by atoms with Crippen molar-refractivity contribution in [2.75, 3.05) is 0 Å². The number of rotatable bonds is 7. The molecule has 0 aliphatic rings. The summed E-state index contributed by atoms with van der Waals surface area (Å²) in [7, 11) is -7.99. The average Bonchev–Trinajstić information content (AvgIpc) is 3.52. The predicted molar refractivity (Wildman–Crippen MR) is 141 cm³/mol. The summed E-state index contributed by atoms with van der Waals surface area (Å²) >= 11 is 11.9. The van der Waals surface area contributed by atoms with Crippen molar-refractivity contribution in [1.82, 2.24) is 24.4 Å². The molecule has 0 radical (unpaired) electrons. The Morgan fingerprint density at radius 1 is 1.00 bits per heavy atom. The van der Waals surface area contributed by atoms with E-state index in [0.29, 0.717) is 22.1 Å². The minimum atomic E-state index is -4.09. The molecule has 196 valence electrons. The zero-order chi connectivity index (χ0) is 27.2. The van der Waals surface area contributed by atoms with Crippen LogP contribution in [0, 0.1) is 6.92 Å². The van der Waals surface area contributed by atoms with Crippen molar-refractivity contribution in [3.05, 3.63) is 77.0 Å². The number of pyridine rings is 1. The van der Waals surface area contributed by atoms with Crippen molar-refractivity contribution in [1.29, 1.82) is 0 Å². The number of primary sulfonamides is 1. The van der Waals surface area contributed by atoms with Gasteiger partial charge >= 0.3 is 0 Å². The van der Waals surface area contributed by atoms with Gasteiger partial charge in [0, 0.05) is 22.7 Å². The molecule has 0 amide bonds. The van der Waals surface area contributed by atoms with Crippen LogP contribution < -0.4 is 5.14 Å². The molecule has 38 heavy (non-hydrogen) atoms. The maximum atomic E-state index is 13.5.